The van der Waals surface area contributed by atoms with Crippen LogP contribution in [0.5, 0.6) is 0 Å². The second-order valence-corrected chi connectivity index (χ2v) is 4.74. The van der Waals surface area contributed by atoms with Gasteiger partial charge in [0.2, 0.25) is 0 Å². The van der Waals surface area contributed by atoms with Crippen LogP contribution in [0.3, 0.4) is 0 Å². The lowest BCUT2D eigenvalue weighted by Crippen LogP contribution is -2.11. The SMILES string of the molecule is CCCC(N)c1noc(-c2cccc(Cl)c2Cl)n1. The molecule has 6 heteroatoms. The lowest BCUT2D eigenvalue weighted by atomic mass is 10.2. The minimum Gasteiger partial charge on any atom is -0.334 e. The zero-order valence-corrected chi connectivity index (χ0v) is 11.4. The van der Waals surface area contributed by atoms with Crippen LogP contribution in [0, 0.1) is 0 Å². The second kappa shape index (κ2) is 5.69. The average molecular weight is 286 g/mol. The Kier molecular flexibility index (Phi) is 4.22. The van der Waals surface area contributed by atoms with Gasteiger partial charge in [0.1, 0.15) is 0 Å². The lowest BCUT2D eigenvalue weighted by molar-refractivity contribution is 0.413. The molecule has 18 heavy (non-hydrogen) atoms. The summed E-state index contributed by atoms with van der Waals surface area (Å²) in [5.74, 6) is 0.826. The van der Waals surface area contributed by atoms with E-state index in [4.69, 9.17) is 33.5 Å². The van der Waals surface area contributed by atoms with E-state index >= 15 is 0 Å². The lowest BCUT2D eigenvalue weighted by Gasteiger charge is -2.02. The Morgan fingerprint density at radius 1 is 1.39 bits per heavy atom. The highest BCUT2D eigenvalue weighted by molar-refractivity contribution is 6.43. The van der Waals surface area contributed by atoms with Crippen LogP contribution < -0.4 is 5.73 Å². The maximum absolute atomic E-state index is 6.09. The molecule has 2 aromatic rings. The fourth-order valence-electron chi connectivity index (χ4n) is 1.60. The molecule has 0 aliphatic heterocycles. The van der Waals surface area contributed by atoms with E-state index in [0.717, 1.165) is 12.8 Å². The molecule has 0 aliphatic rings. The fourth-order valence-corrected chi connectivity index (χ4v) is 1.99. The van der Waals surface area contributed by atoms with E-state index in [1.54, 1.807) is 18.2 Å². The number of nitrogens with zero attached hydrogens (tertiary/aromatic N) is 2. The van der Waals surface area contributed by atoms with Gasteiger partial charge in [0.15, 0.2) is 5.82 Å². The van der Waals surface area contributed by atoms with Crippen LogP contribution in [0.25, 0.3) is 11.5 Å². The molecule has 0 amide bonds. The van der Waals surface area contributed by atoms with E-state index in [-0.39, 0.29) is 6.04 Å². The zero-order valence-electron chi connectivity index (χ0n) is 9.86. The summed E-state index contributed by atoms with van der Waals surface area (Å²) in [5.41, 5.74) is 6.54. The topological polar surface area (TPSA) is 64.9 Å². The van der Waals surface area contributed by atoms with Gasteiger partial charge in [-0.25, -0.2) is 0 Å². The first-order valence-corrected chi connectivity index (χ1v) is 6.42. The molecule has 2 N–H and O–H groups in total. The first-order valence-electron chi connectivity index (χ1n) is 5.67. The first kappa shape index (κ1) is 13.3. The van der Waals surface area contributed by atoms with Gasteiger partial charge in [-0.3, -0.25) is 0 Å². The fraction of sp³-hybridized carbons (Fsp3) is 0.333. The molecular weight excluding hydrogens is 273 g/mol. The van der Waals surface area contributed by atoms with Gasteiger partial charge in [0.05, 0.1) is 21.7 Å². The van der Waals surface area contributed by atoms with Crippen molar-refractivity contribution in [2.45, 2.75) is 25.8 Å². The van der Waals surface area contributed by atoms with E-state index < -0.39 is 0 Å². The largest absolute Gasteiger partial charge is 0.334 e. The minimum absolute atomic E-state index is 0.217. The highest BCUT2D eigenvalue weighted by Crippen LogP contribution is 2.32. The number of rotatable bonds is 4. The van der Waals surface area contributed by atoms with E-state index in [9.17, 15) is 0 Å². The summed E-state index contributed by atoms with van der Waals surface area (Å²) < 4.78 is 5.17. The van der Waals surface area contributed by atoms with E-state index in [1.807, 2.05) is 0 Å². The van der Waals surface area contributed by atoms with Crippen molar-refractivity contribution in [2.24, 2.45) is 5.73 Å². The Morgan fingerprint density at radius 3 is 2.89 bits per heavy atom. The summed E-state index contributed by atoms with van der Waals surface area (Å²) in [6, 6.07) is 5.04. The van der Waals surface area contributed by atoms with Gasteiger partial charge in [0.25, 0.3) is 5.89 Å². The third-order valence-corrected chi connectivity index (χ3v) is 3.37. The summed E-state index contributed by atoms with van der Waals surface area (Å²) in [7, 11) is 0. The van der Waals surface area contributed by atoms with Crippen molar-refractivity contribution >= 4 is 23.2 Å². The van der Waals surface area contributed by atoms with Crippen LogP contribution in [0.4, 0.5) is 0 Å². The van der Waals surface area contributed by atoms with Crippen molar-refractivity contribution in [1.82, 2.24) is 10.1 Å². The zero-order chi connectivity index (χ0) is 13.1. The highest BCUT2D eigenvalue weighted by atomic mass is 35.5. The van der Waals surface area contributed by atoms with E-state index in [1.165, 1.54) is 0 Å². The van der Waals surface area contributed by atoms with E-state index in [2.05, 4.69) is 17.1 Å². The molecule has 4 nitrogen and oxygen atoms in total. The van der Waals surface area contributed by atoms with Crippen LogP contribution >= 0.6 is 23.2 Å². The molecule has 0 spiro atoms. The quantitative estimate of drug-likeness (QED) is 0.927. The maximum Gasteiger partial charge on any atom is 0.259 e. The first-order chi connectivity index (χ1) is 8.63. The molecule has 0 radical (unpaired) electrons. The Morgan fingerprint density at radius 2 is 2.17 bits per heavy atom. The number of aromatic nitrogens is 2. The molecule has 2 rings (SSSR count). The van der Waals surface area contributed by atoms with Crippen molar-refractivity contribution < 1.29 is 4.52 Å². The number of hydrogen-bond acceptors (Lipinski definition) is 4. The predicted molar refractivity (Wildman–Crippen MR) is 71.6 cm³/mol. The van der Waals surface area contributed by atoms with Crippen LogP contribution in [0.2, 0.25) is 10.0 Å². The third kappa shape index (κ3) is 2.66. The molecule has 1 aromatic carbocycles. The van der Waals surface area contributed by atoms with Crippen LogP contribution in [0.1, 0.15) is 31.6 Å². The molecule has 1 heterocycles. The van der Waals surface area contributed by atoms with Crippen molar-refractivity contribution in [3.8, 4) is 11.5 Å². The molecule has 0 fully saturated rings. The van der Waals surface area contributed by atoms with Crippen molar-refractivity contribution in [1.29, 1.82) is 0 Å². The Labute approximate surface area is 115 Å². The molecule has 1 atom stereocenters. The van der Waals surface area contributed by atoms with Gasteiger partial charge in [-0.1, -0.05) is 47.8 Å². The summed E-state index contributed by atoms with van der Waals surface area (Å²) in [4.78, 5) is 4.26. The summed E-state index contributed by atoms with van der Waals surface area (Å²) in [6.07, 6.45) is 1.77. The van der Waals surface area contributed by atoms with Crippen LogP contribution in [-0.4, -0.2) is 10.1 Å². The molecule has 0 aliphatic carbocycles. The molecule has 0 bridgehead atoms. The van der Waals surface area contributed by atoms with Gasteiger partial charge in [-0.2, -0.15) is 4.98 Å². The second-order valence-electron chi connectivity index (χ2n) is 3.95. The number of nitrogens with two attached hydrogens (primary N) is 1. The predicted octanol–water partition coefficient (Wildman–Crippen LogP) is 3.84. The third-order valence-electron chi connectivity index (χ3n) is 2.56. The van der Waals surface area contributed by atoms with E-state index in [0.29, 0.717) is 27.3 Å². The molecule has 96 valence electrons. The van der Waals surface area contributed by atoms with Gasteiger partial charge in [-0.05, 0) is 18.6 Å². The summed E-state index contributed by atoms with van der Waals surface area (Å²) in [6.45, 7) is 2.05. The van der Waals surface area contributed by atoms with Gasteiger partial charge in [0, 0.05) is 0 Å². The molecule has 0 saturated carbocycles. The molecular formula is C12H13Cl2N3O. The number of halogens is 2. The number of benzene rings is 1. The van der Waals surface area contributed by atoms with Crippen molar-refractivity contribution in [3.05, 3.63) is 34.1 Å². The Bertz CT molecular complexity index is 542. The summed E-state index contributed by atoms with van der Waals surface area (Å²) >= 11 is 12.0. The van der Waals surface area contributed by atoms with Gasteiger partial charge >= 0.3 is 0 Å². The van der Waals surface area contributed by atoms with Crippen molar-refractivity contribution in [3.63, 3.8) is 0 Å². The normalized spacial score (nSPS) is 12.7. The van der Waals surface area contributed by atoms with Crippen LogP contribution in [0.15, 0.2) is 22.7 Å². The minimum atomic E-state index is -0.217. The average Bonchev–Trinajstić information content (AvgIpc) is 2.82. The smallest absolute Gasteiger partial charge is 0.259 e. The van der Waals surface area contributed by atoms with Crippen molar-refractivity contribution in [2.75, 3.05) is 0 Å². The van der Waals surface area contributed by atoms with Gasteiger partial charge < -0.3 is 10.3 Å². The number of hydrogen-bond donors (Lipinski definition) is 1. The van der Waals surface area contributed by atoms with Gasteiger partial charge in [-0.15, -0.1) is 0 Å². The standard InChI is InChI=1S/C12H13Cl2N3O/c1-2-4-9(15)11-16-12(18-17-11)7-5-3-6-8(13)10(7)14/h3,5-6,9H,2,4,15H2,1H3. The Balaban J connectivity index is 2.32. The van der Waals surface area contributed by atoms with Crippen LogP contribution in [-0.2, 0) is 0 Å². The summed E-state index contributed by atoms with van der Waals surface area (Å²) in [5, 5.41) is 4.72. The molecule has 1 unspecified atom stereocenters. The molecule has 1 aromatic heterocycles. The highest BCUT2D eigenvalue weighted by Gasteiger charge is 2.17. The Hall–Kier alpha value is -1.10. The maximum atomic E-state index is 6.09. The molecule has 0 saturated heterocycles. The monoisotopic (exact) mass is 285 g/mol.